The molecule has 0 bridgehead atoms. The predicted octanol–water partition coefficient (Wildman–Crippen LogP) is -2.92. The molecule has 0 fully saturated rings. The highest BCUT2D eigenvalue weighted by atomic mass is 16.4. The van der Waals surface area contributed by atoms with E-state index in [1.165, 1.54) is 12.5 Å². The molecule has 4 amide bonds. The van der Waals surface area contributed by atoms with E-state index in [4.69, 9.17) is 22.3 Å². The van der Waals surface area contributed by atoms with E-state index in [0.29, 0.717) is 25.1 Å². The molecule has 12 N–H and O–H groups in total. The molecule has 4 unspecified atom stereocenters. The first-order valence-electron chi connectivity index (χ1n) is 12.0. The minimum Gasteiger partial charge on any atom is -0.481 e. The van der Waals surface area contributed by atoms with Crippen LogP contribution < -0.4 is 33.2 Å². The summed E-state index contributed by atoms with van der Waals surface area (Å²) in [6.45, 7) is 0.330. The summed E-state index contributed by atoms with van der Waals surface area (Å²) in [5, 5.41) is 25.8. The smallest absolute Gasteiger partial charge is 0.326 e. The standard InChI is InChI=1S/C22H36N8O8/c23-8-2-1-3-14(28-19(34)13(24)4-6-17(25)31)20(35)29-15(5-7-18(32)33)21(36)30-16(22(37)38)9-12-10-26-11-27-12/h10-11,13-16H,1-9,23-24H2,(H2,25,31)(H,26,27)(H,28,34)(H,29,35)(H,30,36)(H,32,33)(H,37,38). The topological polar surface area (TPSA) is 286 Å². The van der Waals surface area contributed by atoms with Crippen LogP contribution in [-0.2, 0) is 35.2 Å². The van der Waals surface area contributed by atoms with E-state index in [9.17, 15) is 33.9 Å². The molecule has 0 radical (unpaired) electrons. The zero-order chi connectivity index (χ0) is 28.7. The van der Waals surface area contributed by atoms with Gasteiger partial charge in [0.1, 0.15) is 18.1 Å². The van der Waals surface area contributed by atoms with Crippen molar-refractivity contribution in [1.82, 2.24) is 25.9 Å². The van der Waals surface area contributed by atoms with Crippen molar-refractivity contribution in [3.63, 3.8) is 0 Å². The molecule has 1 aromatic rings. The fraction of sp³-hybridized carbons (Fsp3) is 0.591. The fourth-order valence-corrected chi connectivity index (χ4v) is 3.37. The molecule has 0 aliphatic heterocycles. The Morgan fingerprint density at radius 3 is 2.00 bits per heavy atom. The van der Waals surface area contributed by atoms with Gasteiger partial charge in [0, 0.05) is 31.2 Å². The molecule has 212 valence electrons. The van der Waals surface area contributed by atoms with Crippen LogP contribution in [0.15, 0.2) is 12.5 Å². The average Bonchev–Trinajstić information content (AvgIpc) is 3.36. The minimum absolute atomic E-state index is 0.0468. The van der Waals surface area contributed by atoms with Crippen LogP contribution in [0.4, 0.5) is 0 Å². The number of unbranched alkanes of at least 4 members (excludes halogenated alkanes) is 1. The summed E-state index contributed by atoms with van der Waals surface area (Å²) in [7, 11) is 0. The van der Waals surface area contributed by atoms with Crippen LogP contribution in [0, 0.1) is 0 Å². The molecule has 0 aliphatic carbocycles. The number of rotatable bonds is 19. The summed E-state index contributed by atoms with van der Waals surface area (Å²) >= 11 is 0. The number of nitrogens with two attached hydrogens (primary N) is 3. The van der Waals surface area contributed by atoms with Crippen molar-refractivity contribution in [2.24, 2.45) is 17.2 Å². The van der Waals surface area contributed by atoms with Gasteiger partial charge in [-0.25, -0.2) is 9.78 Å². The zero-order valence-electron chi connectivity index (χ0n) is 20.9. The summed E-state index contributed by atoms with van der Waals surface area (Å²) in [5.41, 5.74) is 16.8. The van der Waals surface area contributed by atoms with Crippen molar-refractivity contribution < 1.29 is 39.0 Å². The number of carbonyl (C=O) groups excluding carboxylic acids is 4. The number of aliphatic carboxylic acids is 2. The largest absolute Gasteiger partial charge is 0.481 e. The van der Waals surface area contributed by atoms with Gasteiger partial charge in [-0.15, -0.1) is 0 Å². The second kappa shape index (κ2) is 16.6. The van der Waals surface area contributed by atoms with Gasteiger partial charge >= 0.3 is 11.9 Å². The number of imidazole rings is 1. The summed E-state index contributed by atoms with van der Waals surface area (Å²) in [5.74, 6) is -5.69. The summed E-state index contributed by atoms with van der Waals surface area (Å²) in [6.07, 6.45) is 2.65. The molecule has 4 atom stereocenters. The first-order valence-corrected chi connectivity index (χ1v) is 12.0. The van der Waals surface area contributed by atoms with Crippen LogP contribution in [0.25, 0.3) is 0 Å². The molecule has 1 heterocycles. The molecule has 1 aromatic heterocycles. The van der Waals surface area contributed by atoms with Crippen LogP contribution in [0.2, 0.25) is 0 Å². The highest BCUT2D eigenvalue weighted by Gasteiger charge is 2.30. The first kappa shape index (κ1) is 32.0. The van der Waals surface area contributed by atoms with Gasteiger partial charge in [0.15, 0.2) is 0 Å². The Balaban J connectivity index is 3.00. The molecular weight excluding hydrogens is 504 g/mol. The van der Waals surface area contributed by atoms with Crippen molar-refractivity contribution >= 4 is 35.6 Å². The van der Waals surface area contributed by atoms with Gasteiger partial charge in [-0.3, -0.25) is 24.0 Å². The number of amides is 4. The van der Waals surface area contributed by atoms with E-state index in [2.05, 4.69) is 25.9 Å². The maximum Gasteiger partial charge on any atom is 0.326 e. The molecule has 38 heavy (non-hydrogen) atoms. The van der Waals surface area contributed by atoms with Crippen molar-refractivity contribution in [2.75, 3.05) is 6.54 Å². The van der Waals surface area contributed by atoms with Gasteiger partial charge in [0.05, 0.1) is 12.4 Å². The number of H-pyrrole nitrogens is 1. The summed E-state index contributed by atoms with van der Waals surface area (Å²) in [4.78, 5) is 78.8. The van der Waals surface area contributed by atoms with Gasteiger partial charge in [0.25, 0.3) is 0 Å². The number of carboxylic acids is 2. The third kappa shape index (κ3) is 12.3. The number of primary amides is 1. The Morgan fingerprint density at radius 1 is 0.868 bits per heavy atom. The number of carbonyl (C=O) groups is 6. The molecule has 1 rings (SSSR count). The van der Waals surface area contributed by atoms with Gasteiger partial charge in [-0.05, 0) is 38.6 Å². The Hall–Kier alpha value is -4.05. The van der Waals surface area contributed by atoms with E-state index in [1.54, 1.807) is 0 Å². The number of carboxylic acid groups (broad SMARTS) is 2. The second-order valence-corrected chi connectivity index (χ2v) is 8.63. The van der Waals surface area contributed by atoms with Crippen molar-refractivity contribution in [2.45, 2.75) is 75.5 Å². The van der Waals surface area contributed by atoms with Crippen molar-refractivity contribution in [3.8, 4) is 0 Å². The number of hydrogen-bond acceptors (Lipinski definition) is 9. The Bertz CT molecular complexity index is 955. The monoisotopic (exact) mass is 540 g/mol. The number of hydrogen-bond donors (Lipinski definition) is 9. The fourth-order valence-electron chi connectivity index (χ4n) is 3.37. The quantitative estimate of drug-likeness (QED) is 0.0801. The third-order valence-corrected chi connectivity index (χ3v) is 5.49. The number of nitrogens with zero attached hydrogens (tertiary/aromatic N) is 1. The van der Waals surface area contributed by atoms with Gasteiger partial charge in [-0.1, -0.05) is 0 Å². The molecular formula is C22H36N8O8. The Morgan fingerprint density at radius 2 is 1.47 bits per heavy atom. The van der Waals surface area contributed by atoms with Gasteiger partial charge in [0.2, 0.25) is 23.6 Å². The number of aromatic nitrogens is 2. The van der Waals surface area contributed by atoms with Crippen LogP contribution in [0.3, 0.4) is 0 Å². The molecule has 0 aromatic carbocycles. The highest BCUT2D eigenvalue weighted by Crippen LogP contribution is 2.07. The molecule has 16 heteroatoms. The van der Waals surface area contributed by atoms with Crippen LogP contribution in [0.1, 0.15) is 50.6 Å². The molecule has 0 saturated carbocycles. The van der Waals surface area contributed by atoms with Crippen molar-refractivity contribution in [3.05, 3.63) is 18.2 Å². The van der Waals surface area contributed by atoms with Gasteiger partial charge in [-0.2, -0.15) is 0 Å². The summed E-state index contributed by atoms with van der Waals surface area (Å²) in [6, 6.07) is -5.10. The van der Waals surface area contributed by atoms with Crippen LogP contribution in [-0.4, -0.2) is 86.5 Å². The SMILES string of the molecule is NCCCCC(NC(=O)C(N)CCC(N)=O)C(=O)NC(CCC(=O)O)C(=O)NC(Cc1cnc[nH]1)C(=O)O. The number of nitrogens with one attached hydrogen (secondary N) is 4. The maximum atomic E-state index is 13.1. The maximum absolute atomic E-state index is 13.1. The van der Waals surface area contributed by atoms with E-state index >= 15 is 0 Å². The van der Waals surface area contributed by atoms with E-state index in [1.807, 2.05) is 0 Å². The molecule has 0 spiro atoms. The predicted molar refractivity (Wildman–Crippen MR) is 132 cm³/mol. The zero-order valence-corrected chi connectivity index (χ0v) is 20.9. The lowest BCUT2D eigenvalue weighted by molar-refractivity contribution is -0.143. The molecule has 0 aliphatic rings. The number of aromatic amines is 1. The van der Waals surface area contributed by atoms with E-state index in [-0.39, 0.29) is 32.1 Å². The second-order valence-electron chi connectivity index (χ2n) is 8.63. The highest BCUT2D eigenvalue weighted by molar-refractivity contribution is 5.94. The van der Waals surface area contributed by atoms with E-state index < -0.39 is 66.2 Å². The van der Waals surface area contributed by atoms with Crippen LogP contribution >= 0.6 is 0 Å². The first-order chi connectivity index (χ1) is 17.9. The van der Waals surface area contributed by atoms with E-state index in [0.717, 1.165) is 0 Å². The lowest BCUT2D eigenvalue weighted by Crippen LogP contribution is -2.57. The molecule has 16 nitrogen and oxygen atoms in total. The van der Waals surface area contributed by atoms with Gasteiger partial charge < -0.3 is 48.3 Å². The lowest BCUT2D eigenvalue weighted by Gasteiger charge is -2.25. The molecule has 0 saturated heterocycles. The Kier molecular flexibility index (Phi) is 14.0. The normalized spacial score (nSPS) is 13.9. The summed E-state index contributed by atoms with van der Waals surface area (Å²) < 4.78 is 0. The minimum atomic E-state index is -1.42. The lowest BCUT2D eigenvalue weighted by atomic mass is 10.0. The average molecular weight is 541 g/mol. The van der Waals surface area contributed by atoms with Crippen molar-refractivity contribution in [1.29, 1.82) is 0 Å². The van der Waals surface area contributed by atoms with Crippen LogP contribution in [0.5, 0.6) is 0 Å². The third-order valence-electron chi connectivity index (χ3n) is 5.49. The Labute approximate surface area is 218 Å².